The molecule has 2 unspecified atom stereocenters. The third-order valence-electron chi connectivity index (χ3n) is 5.23. The third kappa shape index (κ3) is 2.56. The van der Waals surface area contributed by atoms with Gasteiger partial charge in [0.15, 0.2) is 0 Å². The average molecular weight is 277 g/mol. The second-order valence-corrected chi connectivity index (χ2v) is 6.37. The van der Waals surface area contributed by atoms with Gasteiger partial charge >= 0.3 is 0 Å². The number of phenolic OH excluding ortho intramolecular Hbond substituents is 1. The standard InChI is InChI=1S/C17H24FNO/c1-12(15-9-8-14(18)11-17(15)20)19-10-4-7-16(19)13-5-2-3-6-13/h8-9,11-13,16,20H,2-7,10H2,1H3. The lowest BCUT2D eigenvalue weighted by atomic mass is 9.94. The fourth-order valence-electron chi connectivity index (χ4n) is 4.19. The number of rotatable bonds is 3. The zero-order valence-corrected chi connectivity index (χ0v) is 12.2. The van der Waals surface area contributed by atoms with Crippen LogP contribution in [0.1, 0.15) is 57.1 Å². The van der Waals surface area contributed by atoms with Crippen LogP contribution in [0.2, 0.25) is 0 Å². The number of halogens is 1. The summed E-state index contributed by atoms with van der Waals surface area (Å²) in [5.74, 6) is 0.546. The van der Waals surface area contributed by atoms with Crippen LogP contribution in [0.4, 0.5) is 4.39 Å². The van der Waals surface area contributed by atoms with Gasteiger partial charge < -0.3 is 5.11 Å². The lowest BCUT2D eigenvalue weighted by Gasteiger charge is -2.34. The minimum absolute atomic E-state index is 0.0922. The summed E-state index contributed by atoms with van der Waals surface area (Å²) in [5.41, 5.74) is 0.858. The number of benzene rings is 1. The smallest absolute Gasteiger partial charge is 0.126 e. The summed E-state index contributed by atoms with van der Waals surface area (Å²) in [4.78, 5) is 2.53. The van der Waals surface area contributed by atoms with Crippen LogP contribution in [0.25, 0.3) is 0 Å². The van der Waals surface area contributed by atoms with E-state index in [1.54, 1.807) is 6.07 Å². The van der Waals surface area contributed by atoms with Crippen molar-refractivity contribution >= 4 is 0 Å². The fraction of sp³-hybridized carbons (Fsp3) is 0.647. The van der Waals surface area contributed by atoms with Gasteiger partial charge in [-0.2, -0.15) is 0 Å². The highest BCUT2D eigenvalue weighted by Crippen LogP contribution is 2.40. The molecule has 1 aliphatic carbocycles. The summed E-state index contributed by atoms with van der Waals surface area (Å²) >= 11 is 0. The van der Waals surface area contributed by atoms with Gasteiger partial charge in [-0.25, -0.2) is 4.39 Å². The SMILES string of the molecule is CC(c1ccc(F)cc1O)N1CCCC1C1CCCC1. The zero-order valence-electron chi connectivity index (χ0n) is 12.2. The summed E-state index contributed by atoms with van der Waals surface area (Å²) in [6.07, 6.45) is 7.95. The van der Waals surface area contributed by atoms with E-state index >= 15 is 0 Å². The van der Waals surface area contributed by atoms with E-state index in [9.17, 15) is 9.50 Å². The second kappa shape index (κ2) is 5.72. The summed E-state index contributed by atoms with van der Waals surface area (Å²) < 4.78 is 13.1. The Morgan fingerprint density at radius 3 is 2.65 bits per heavy atom. The van der Waals surface area contributed by atoms with Gasteiger partial charge in [0.1, 0.15) is 11.6 Å². The van der Waals surface area contributed by atoms with Crippen molar-refractivity contribution in [1.29, 1.82) is 0 Å². The van der Waals surface area contributed by atoms with Gasteiger partial charge in [0.05, 0.1) is 0 Å². The predicted molar refractivity (Wildman–Crippen MR) is 78.2 cm³/mol. The minimum atomic E-state index is -0.368. The largest absolute Gasteiger partial charge is 0.508 e. The summed E-state index contributed by atoms with van der Waals surface area (Å²) in [5, 5.41) is 10.0. The molecule has 0 aromatic heterocycles. The molecule has 2 atom stereocenters. The first-order chi connectivity index (χ1) is 9.66. The Morgan fingerprint density at radius 2 is 1.95 bits per heavy atom. The molecule has 0 bridgehead atoms. The normalized spacial score (nSPS) is 26.2. The van der Waals surface area contributed by atoms with E-state index < -0.39 is 0 Å². The van der Waals surface area contributed by atoms with Gasteiger partial charge in [-0.1, -0.05) is 18.9 Å². The van der Waals surface area contributed by atoms with Crippen LogP contribution in [0.5, 0.6) is 5.75 Å². The van der Waals surface area contributed by atoms with E-state index in [1.165, 1.54) is 50.7 Å². The summed E-state index contributed by atoms with van der Waals surface area (Å²) in [6, 6.07) is 5.23. The van der Waals surface area contributed by atoms with Crippen molar-refractivity contribution in [2.45, 2.75) is 57.5 Å². The molecule has 110 valence electrons. The number of hydrogen-bond donors (Lipinski definition) is 1. The zero-order chi connectivity index (χ0) is 14.1. The molecule has 1 heterocycles. The second-order valence-electron chi connectivity index (χ2n) is 6.37. The van der Waals surface area contributed by atoms with E-state index in [4.69, 9.17) is 0 Å². The molecule has 3 rings (SSSR count). The monoisotopic (exact) mass is 277 g/mol. The highest BCUT2D eigenvalue weighted by atomic mass is 19.1. The van der Waals surface area contributed by atoms with Crippen LogP contribution in [0.3, 0.4) is 0 Å². The Kier molecular flexibility index (Phi) is 3.97. The van der Waals surface area contributed by atoms with Gasteiger partial charge in [-0.3, -0.25) is 4.90 Å². The molecule has 1 N–H and O–H groups in total. The molecule has 0 amide bonds. The van der Waals surface area contributed by atoms with Crippen molar-refractivity contribution in [2.75, 3.05) is 6.54 Å². The topological polar surface area (TPSA) is 23.5 Å². The van der Waals surface area contributed by atoms with Crippen LogP contribution in [0.15, 0.2) is 18.2 Å². The Morgan fingerprint density at radius 1 is 1.20 bits per heavy atom. The molecule has 1 aromatic carbocycles. The van der Waals surface area contributed by atoms with Crippen LogP contribution in [-0.4, -0.2) is 22.6 Å². The van der Waals surface area contributed by atoms with Crippen LogP contribution in [0, 0.1) is 11.7 Å². The molecule has 2 nitrogen and oxygen atoms in total. The van der Waals surface area contributed by atoms with Crippen LogP contribution < -0.4 is 0 Å². The van der Waals surface area contributed by atoms with Gasteiger partial charge in [0.2, 0.25) is 0 Å². The quantitative estimate of drug-likeness (QED) is 0.893. The van der Waals surface area contributed by atoms with Crippen molar-refractivity contribution in [3.8, 4) is 5.75 Å². The van der Waals surface area contributed by atoms with E-state index in [-0.39, 0.29) is 17.6 Å². The number of nitrogens with zero attached hydrogens (tertiary/aromatic N) is 1. The molecule has 2 fully saturated rings. The molecule has 0 spiro atoms. The van der Waals surface area contributed by atoms with Crippen molar-refractivity contribution in [3.63, 3.8) is 0 Å². The number of likely N-dealkylation sites (tertiary alicyclic amines) is 1. The van der Waals surface area contributed by atoms with Gasteiger partial charge in [-0.05, 0) is 51.1 Å². The third-order valence-corrected chi connectivity index (χ3v) is 5.23. The molecular formula is C17H24FNO. The van der Waals surface area contributed by atoms with Gasteiger partial charge in [-0.15, -0.1) is 0 Å². The molecule has 1 saturated carbocycles. The molecule has 2 aliphatic rings. The highest BCUT2D eigenvalue weighted by molar-refractivity contribution is 5.35. The maximum atomic E-state index is 13.1. The Balaban J connectivity index is 1.79. The minimum Gasteiger partial charge on any atom is -0.508 e. The first kappa shape index (κ1) is 13.9. The van der Waals surface area contributed by atoms with Crippen molar-refractivity contribution in [2.24, 2.45) is 5.92 Å². The van der Waals surface area contributed by atoms with Gasteiger partial charge in [0.25, 0.3) is 0 Å². The maximum absolute atomic E-state index is 13.1. The van der Waals surface area contributed by atoms with E-state index in [1.807, 2.05) is 0 Å². The van der Waals surface area contributed by atoms with Crippen LogP contribution >= 0.6 is 0 Å². The first-order valence-corrected chi connectivity index (χ1v) is 7.91. The molecule has 0 radical (unpaired) electrons. The predicted octanol–water partition coefficient (Wildman–Crippen LogP) is 4.25. The Labute approximate surface area is 120 Å². The molecular weight excluding hydrogens is 253 g/mol. The lowest BCUT2D eigenvalue weighted by Crippen LogP contribution is -2.36. The van der Waals surface area contributed by atoms with Crippen molar-refractivity contribution < 1.29 is 9.50 Å². The van der Waals surface area contributed by atoms with Crippen molar-refractivity contribution in [1.82, 2.24) is 4.90 Å². The highest BCUT2D eigenvalue weighted by Gasteiger charge is 2.36. The molecule has 1 saturated heterocycles. The molecule has 20 heavy (non-hydrogen) atoms. The molecule has 1 aromatic rings. The van der Waals surface area contributed by atoms with Gasteiger partial charge in [0, 0.05) is 23.7 Å². The van der Waals surface area contributed by atoms with E-state index in [0.717, 1.165) is 18.0 Å². The number of hydrogen-bond acceptors (Lipinski definition) is 2. The molecule has 3 heteroatoms. The van der Waals surface area contributed by atoms with E-state index in [0.29, 0.717) is 6.04 Å². The number of phenols is 1. The molecule has 1 aliphatic heterocycles. The summed E-state index contributed by atoms with van der Waals surface area (Å²) in [6.45, 7) is 3.24. The van der Waals surface area contributed by atoms with Crippen LogP contribution in [-0.2, 0) is 0 Å². The average Bonchev–Trinajstić information content (AvgIpc) is 3.09. The Bertz CT molecular complexity index is 470. The van der Waals surface area contributed by atoms with E-state index in [2.05, 4.69) is 11.8 Å². The summed E-state index contributed by atoms with van der Waals surface area (Å²) in [7, 11) is 0. The fourth-order valence-corrected chi connectivity index (χ4v) is 4.19. The maximum Gasteiger partial charge on any atom is 0.126 e. The Hall–Kier alpha value is -1.09. The first-order valence-electron chi connectivity index (χ1n) is 7.91. The number of aromatic hydroxyl groups is 1. The lowest BCUT2D eigenvalue weighted by molar-refractivity contribution is 0.142. The van der Waals surface area contributed by atoms with Crippen molar-refractivity contribution in [3.05, 3.63) is 29.6 Å².